The van der Waals surface area contributed by atoms with Crippen molar-refractivity contribution in [1.82, 2.24) is 20.2 Å². The van der Waals surface area contributed by atoms with Gasteiger partial charge in [-0.3, -0.25) is 5.10 Å². The molecule has 2 heterocycles. The Morgan fingerprint density at radius 3 is 2.81 bits per heavy atom. The molecule has 0 saturated heterocycles. The highest BCUT2D eigenvalue weighted by Gasteiger charge is 2.30. The monoisotopic (exact) mass is 358 g/mol. The number of halogens is 3. The highest BCUT2D eigenvalue weighted by atomic mass is 19.4. The van der Waals surface area contributed by atoms with E-state index in [1.165, 1.54) is 6.07 Å². The normalized spacial score (nSPS) is 11.2. The summed E-state index contributed by atoms with van der Waals surface area (Å²) in [6, 6.07) is 4.98. The molecule has 3 aromatic rings. The van der Waals surface area contributed by atoms with Crippen molar-refractivity contribution in [1.29, 1.82) is 0 Å². The molecule has 0 fully saturated rings. The lowest BCUT2D eigenvalue weighted by Gasteiger charge is -2.05. The average Bonchev–Trinajstić information content (AvgIpc) is 3.24. The van der Waals surface area contributed by atoms with Crippen molar-refractivity contribution in [3.63, 3.8) is 0 Å². The lowest BCUT2D eigenvalue weighted by molar-refractivity contribution is -0.137. The minimum absolute atomic E-state index is 0.304. The first kappa shape index (κ1) is 17.8. The number of nitrogens with one attached hydrogen (secondary N) is 2. The summed E-state index contributed by atoms with van der Waals surface area (Å²) in [7, 11) is 0. The summed E-state index contributed by atoms with van der Waals surface area (Å²) in [4.78, 5) is 7.64. The lowest BCUT2D eigenvalue weighted by atomic mass is 10.1. The van der Waals surface area contributed by atoms with Crippen LogP contribution in [-0.2, 0) is 19.0 Å². The average molecular weight is 358 g/mol. The Morgan fingerprint density at radius 2 is 2.04 bits per heavy atom. The van der Waals surface area contributed by atoms with E-state index in [1.807, 2.05) is 6.20 Å². The Kier molecular flexibility index (Phi) is 5.12. The molecule has 4 nitrogen and oxygen atoms in total. The van der Waals surface area contributed by atoms with Crippen LogP contribution in [0.15, 0.2) is 36.7 Å². The van der Waals surface area contributed by atoms with Gasteiger partial charge in [0.15, 0.2) is 0 Å². The molecule has 0 aliphatic carbocycles. The Bertz CT molecular complexity index is 941. The molecule has 0 saturated carbocycles. The molecule has 0 amide bonds. The Labute approximate surface area is 148 Å². The van der Waals surface area contributed by atoms with Gasteiger partial charge in [-0.05, 0) is 24.6 Å². The third-order valence-electron chi connectivity index (χ3n) is 3.79. The van der Waals surface area contributed by atoms with E-state index in [4.69, 9.17) is 0 Å². The summed E-state index contributed by atoms with van der Waals surface area (Å²) in [6.07, 6.45) is 1.42. The fourth-order valence-electron chi connectivity index (χ4n) is 2.54. The van der Waals surface area contributed by atoms with Crippen molar-refractivity contribution >= 4 is 0 Å². The van der Waals surface area contributed by atoms with E-state index in [-0.39, 0.29) is 0 Å². The highest BCUT2D eigenvalue weighted by molar-refractivity contribution is 5.58. The van der Waals surface area contributed by atoms with Gasteiger partial charge >= 0.3 is 6.18 Å². The van der Waals surface area contributed by atoms with E-state index in [0.717, 1.165) is 36.2 Å². The molecule has 3 rings (SSSR count). The van der Waals surface area contributed by atoms with Crippen LogP contribution in [0.5, 0.6) is 0 Å². The molecule has 26 heavy (non-hydrogen) atoms. The molecule has 2 aromatic heterocycles. The quantitative estimate of drug-likeness (QED) is 0.681. The van der Waals surface area contributed by atoms with E-state index in [9.17, 15) is 13.2 Å². The Morgan fingerprint density at radius 1 is 1.19 bits per heavy atom. The third-order valence-corrected chi connectivity index (χ3v) is 3.79. The van der Waals surface area contributed by atoms with Crippen LogP contribution in [0, 0.1) is 11.8 Å². The van der Waals surface area contributed by atoms with Crippen molar-refractivity contribution in [2.24, 2.45) is 0 Å². The van der Waals surface area contributed by atoms with Crippen LogP contribution in [0.3, 0.4) is 0 Å². The van der Waals surface area contributed by atoms with E-state index in [2.05, 4.69) is 38.9 Å². The van der Waals surface area contributed by atoms with Crippen molar-refractivity contribution in [2.45, 2.75) is 32.4 Å². The summed E-state index contributed by atoms with van der Waals surface area (Å²) < 4.78 is 38.2. The molecule has 0 aliphatic rings. The first-order valence-corrected chi connectivity index (χ1v) is 8.21. The number of alkyl halides is 3. The maximum Gasteiger partial charge on any atom is 0.416 e. The van der Waals surface area contributed by atoms with Crippen LogP contribution in [0.25, 0.3) is 11.4 Å². The predicted octanol–water partition coefficient (Wildman–Crippen LogP) is 4.37. The Balaban J connectivity index is 1.76. The van der Waals surface area contributed by atoms with Crippen LogP contribution in [0.2, 0.25) is 0 Å². The summed E-state index contributed by atoms with van der Waals surface area (Å²) in [5.41, 5.74) is 2.10. The molecule has 2 N–H and O–H groups in total. The fourth-order valence-corrected chi connectivity index (χ4v) is 2.54. The zero-order chi connectivity index (χ0) is 18.6. The van der Waals surface area contributed by atoms with Gasteiger partial charge in [0.05, 0.1) is 28.9 Å². The number of aryl methyl sites for hydroxylation is 1. The second kappa shape index (κ2) is 7.48. The second-order valence-corrected chi connectivity index (χ2v) is 5.79. The zero-order valence-electron chi connectivity index (χ0n) is 14.1. The second-order valence-electron chi connectivity index (χ2n) is 5.79. The SMILES string of the molecule is CCCc1c[nH]c(-c2c[nH]nc2CC#Cc2cccc(C(F)(F)F)c2)n1. The molecule has 0 unspecified atom stereocenters. The van der Waals surface area contributed by atoms with Gasteiger partial charge in [0.25, 0.3) is 0 Å². The third kappa shape index (κ3) is 4.14. The van der Waals surface area contributed by atoms with Gasteiger partial charge < -0.3 is 4.98 Å². The van der Waals surface area contributed by atoms with Crippen molar-refractivity contribution in [3.05, 3.63) is 59.2 Å². The van der Waals surface area contributed by atoms with Crippen molar-refractivity contribution in [2.75, 3.05) is 0 Å². The predicted molar refractivity (Wildman–Crippen MR) is 92.2 cm³/mol. The zero-order valence-corrected chi connectivity index (χ0v) is 14.1. The molecule has 0 atom stereocenters. The summed E-state index contributed by atoms with van der Waals surface area (Å²) >= 11 is 0. The standard InChI is InChI=1S/C19H17F3N4/c1-2-5-15-11-23-18(25-15)16-12-24-26-17(16)9-4-7-13-6-3-8-14(10-13)19(20,21)22/h3,6,8,10-12H,2,5,9H2,1H3,(H,23,25)(H,24,26). The van der Waals surface area contributed by atoms with Crippen LogP contribution in [-0.4, -0.2) is 20.2 Å². The van der Waals surface area contributed by atoms with E-state index >= 15 is 0 Å². The van der Waals surface area contributed by atoms with Crippen LogP contribution in [0.1, 0.15) is 35.9 Å². The first-order chi connectivity index (χ1) is 12.5. The minimum atomic E-state index is -4.37. The van der Waals surface area contributed by atoms with Crippen LogP contribution < -0.4 is 0 Å². The maximum absolute atomic E-state index is 12.7. The van der Waals surface area contributed by atoms with Crippen LogP contribution in [0.4, 0.5) is 13.2 Å². The van der Waals surface area contributed by atoms with Crippen molar-refractivity contribution < 1.29 is 13.2 Å². The number of H-pyrrole nitrogens is 2. The topological polar surface area (TPSA) is 57.4 Å². The molecular formula is C19H17F3N4. The van der Waals surface area contributed by atoms with Gasteiger partial charge in [-0.2, -0.15) is 18.3 Å². The number of benzene rings is 1. The summed E-state index contributed by atoms with van der Waals surface area (Å²) in [5, 5.41) is 6.96. The van der Waals surface area contributed by atoms with Gasteiger partial charge in [-0.15, -0.1) is 0 Å². The number of nitrogens with zero attached hydrogens (tertiary/aromatic N) is 2. The largest absolute Gasteiger partial charge is 0.416 e. The van der Waals surface area contributed by atoms with Gasteiger partial charge in [0, 0.05) is 18.0 Å². The molecular weight excluding hydrogens is 341 g/mol. The molecule has 134 valence electrons. The van der Waals surface area contributed by atoms with Gasteiger partial charge in [-0.1, -0.05) is 31.3 Å². The Hall–Kier alpha value is -3.01. The molecule has 0 radical (unpaired) electrons. The van der Waals surface area contributed by atoms with Crippen LogP contribution >= 0.6 is 0 Å². The van der Waals surface area contributed by atoms with Gasteiger partial charge in [0.1, 0.15) is 5.82 Å². The summed E-state index contributed by atoms with van der Waals surface area (Å²) in [5.74, 6) is 6.36. The molecule has 0 aliphatic heterocycles. The van der Waals surface area contributed by atoms with Gasteiger partial charge in [0.2, 0.25) is 0 Å². The summed E-state index contributed by atoms with van der Waals surface area (Å²) in [6.45, 7) is 2.08. The first-order valence-electron chi connectivity index (χ1n) is 8.21. The molecule has 0 spiro atoms. The number of hydrogen-bond donors (Lipinski definition) is 2. The number of imidazole rings is 1. The molecule has 0 bridgehead atoms. The van der Waals surface area contributed by atoms with Crippen molar-refractivity contribution in [3.8, 4) is 23.2 Å². The lowest BCUT2D eigenvalue weighted by Crippen LogP contribution is -2.04. The van der Waals surface area contributed by atoms with E-state index in [1.54, 1.807) is 12.3 Å². The highest BCUT2D eigenvalue weighted by Crippen LogP contribution is 2.29. The fraction of sp³-hybridized carbons (Fsp3) is 0.263. The molecule has 1 aromatic carbocycles. The maximum atomic E-state index is 12.7. The minimum Gasteiger partial charge on any atom is -0.344 e. The number of hydrogen-bond acceptors (Lipinski definition) is 2. The molecule has 7 heteroatoms. The smallest absolute Gasteiger partial charge is 0.344 e. The van der Waals surface area contributed by atoms with Gasteiger partial charge in [-0.25, -0.2) is 4.98 Å². The van der Waals surface area contributed by atoms with E-state index < -0.39 is 11.7 Å². The number of aromatic amines is 2. The van der Waals surface area contributed by atoms with E-state index in [0.29, 0.717) is 23.5 Å². The number of rotatable bonds is 4. The number of aromatic nitrogens is 4.